The molecule has 1 saturated carbocycles. The van der Waals surface area contributed by atoms with E-state index in [1.165, 1.54) is 6.33 Å². The van der Waals surface area contributed by atoms with Gasteiger partial charge < -0.3 is 21.3 Å². The molecule has 2 aromatic heterocycles. The fourth-order valence-electron chi connectivity index (χ4n) is 4.66. The number of para-hydroxylation sites is 1. The van der Waals surface area contributed by atoms with Gasteiger partial charge in [-0.05, 0) is 75.0 Å². The van der Waals surface area contributed by atoms with E-state index in [2.05, 4.69) is 9.97 Å². The molecule has 8 heteroatoms. The molecule has 1 fully saturated rings. The van der Waals surface area contributed by atoms with Crippen LogP contribution in [0, 0.1) is 0 Å². The summed E-state index contributed by atoms with van der Waals surface area (Å²) in [7, 11) is 0. The molecule has 5 N–H and O–H groups in total. The number of aromatic nitrogens is 4. The Balaban J connectivity index is 1.46. The van der Waals surface area contributed by atoms with Gasteiger partial charge in [0.05, 0.1) is 17.0 Å². The highest BCUT2D eigenvalue weighted by molar-refractivity contribution is 5.98. The minimum absolute atomic E-state index is 0.134. The Kier molecular flexibility index (Phi) is 5.70. The summed E-state index contributed by atoms with van der Waals surface area (Å²) < 4.78 is 7.87. The molecule has 4 aromatic rings. The molecule has 5 rings (SSSR count). The lowest BCUT2D eigenvalue weighted by Gasteiger charge is -2.36. The Hall–Kier alpha value is -3.49. The van der Waals surface area contributed by atoms with Crippen molar-refractivity contribution in [2.24, 2.45) is 5.73 Å². The predicted molar refractivity (Wildman–Crippen MR) is 128 cm³/mol. The first-order chi connectivity index (χ1) is 16.1. The second-order valence-corrected chi connectivity index (χ2v) is 8.68. The average Bonchev–Trinajstić information content (AvgIpc) is 3.22. The Labute approximate surface area is 192 Å². The van der Waals surface area contributed by atoms with Crippen LogP contribution in [0.5, 0.6) is 11.5 Å². The third-order valence-electron chi connectivity index (χ3n) is 6.47. The zero-order valence-electron chi connectivity index (χ0n) is 18.4. The first-order valence-electron chi connectivity index (χ1n) is 11.3. The van der Waals surface area contributed by atoms with Crippen molar-refractivity contribution >= 4 is 16.9 Å². The van der Waals surface area contributed by atoms with Crippen LogP contribution in [0.4, 0.5) is 5.82 Å². The van der Waals surface area contributed by atoms with Gasteiger partial charge in [0.15, 0.2) is 5.65 Å². The fourth-order valence-corrected chi connectivity index (χ4v) is 4.66. The Morgan fingerprint density at radius 1 is 1.00 bits per heavy atom. The van der Waals surface area contributed by atoms with Gasteiger partial charge in [-0.15, -0.1) is 0 Å². The topological polar surface area (TPSA) is 125 Å². The van der Waals surface area contributed by atoms with Crippen LogP contribution < -0.4 is 16.2 Å². The summed E-state index contributed by atoms with van der Waals surface area (Å²) in [4.78, 5) is 8.72. The van der Waals surface area contributed by atoms with E-state index in [1.807, 2.05) is 59.3 Å². The van der Waals surface area contributed by atoms with Gasteiger partial charge in [-0.1, -0.05) is 18.2 Å². The largest absolute Gasteiger partial charge is 0.457 e. The number of nitrogen functional groups attached to an aromatic ring is 1. The quantitative estimate of drug-likeness (QED) is 0.409. The molecule has 1 aliphatic rings. The molecule has 0 spiro atoms. The Morgan fingerprint density at radius 2 is 1.70 bits per heavy atom. The van der Waals surface area contributed by atoms with Gasteiger partial charge in [-0.25, -0.2) is 14.6 Å². The number of nitrogens with zero attached hydrogens (tertiary/aromatic N) is 4. The van der Waals surface area contributed by atoms with E-state index < -0.39 is 5.60 Å². The molecule has 0 aliphatic heterocycles. The number of anilines is 1. The second-order valence-electron chi connectivity index (χ2n) is 8.68. The number of rotatable bonds is 6. The van der Waals surface area contributed by atoms with Crippen LogP contribution >= 0.6 is 0 Å². The zero-order valence-corrected chi connectivity index (χ0v) is 18.4. The van der Waals surface area contributed by atoms with Gasteiger partial charge in [0.2, 0.25) is 0 Å². The molecular weight excluding hydrogens is 416 g/mol. The zero-order chi connectivity index (χ0) is 22.8. The molecule has 1 aliphatic carbocycles. The van der Waals surface area contributed by atoms with Crippen molar-refractivity contribution in [2.75, 3.05) is 12.3 Å². The third kappa shape index (κ3) is 4.27. The summed E-state index contributed by atoms with van der Waals surface area (Å²) in [6.07, 6.45) is 5.09. The smallest absolute Gasteiger partial charge is 0.164 e. The average molecular weight is 445 g/mol. The number of benzene rings is 2. The minimum atomic E-state index is -0.681. The Bertz CT molecular complexity index is 1230. The van der Waals surface area contributed by atoms with Crippen molar-refractivity contribution in [1.29, 1.82) is 0 Å². The number of hydrogen-bond acceptors (Lipinski definition) is 7. The van der Waals surface area contributed by atoms with Crippen LogP contribution in [0.2, 0.25) is 0 Å². The van der Waals surface area contributed by atoms with Gasteiger partial charge in [0.1, 0.15) is 29.3 Å². The van der Waals surface area contributed by atoms with Crippen LogP contribution in [-0.2, 0) is 0 Å². The Morgan fingerprint density at radius 3 is 2.39 bits per heavy atom. The van der Waals surface area contributed by atoms with E-state index in [9.17, 15) is 5.11 Å². The van der Waals surface area contributed by atoms with Crippen LogP contribution in [-0.4, -0.2) is 37.0 Å². The molecule has 2 heterocycles. The standard InChI is InChI=1S/C25H28N6O2/c26-15-14-25(32)12-10-18(11-13-25)31-24-21(23(27)28-16-29-24)22(30-31)17-6-8-20(9-7-17)33-19-4-2-1-3-5-19/h1-9,16,18,32H,10-15,26H2,(H2,27,28,29)/t18-,25-. The van der Waals surface area contributed by atoms with Gasteiger partial charge >= 0.3 is 0 Å². The van der Waals surface area contributed by atoms with Crippen LogP contribution in [0.25, 0.3) is 22.3 Å². The normalized spacial score (nSPS) is 20.7. The van der Waals surface area contributed by atoms with Crippen LogP contribution in [0.3, 0.4) is 0 Å². The van der Waals surface area contributed by atoms with E-state index in [0.717, 1.165) is 46.6 Å². The molecule has 170 valence electrons. The molecule has 0 radical (unpaired) electrons. The summed E-state index contributed by atoms with van der Waals surface area (Å²) in [6.45, 7) is 0.490. The first-order valence-corrected chi connectivity index (χ1v) is 11.3. The first kappa shape index (κ1) is 21.4. The SMILES string of the molecule is NCC[C@]1(O)CC[C@H](n2nc(-c3ccc(Oc4ccccc4)cc3)c3c(N)ncnc32)CC1. The van der Waals surface area contributed by atoms with Crippen LogP contribution in [0.15, 0.2) is 60.9 Å². The summed E-state index contributed by atoms with van der Waals surface area (Å²) in [5.74, 6) is 1.93. The van der Waals surface area contributed by atoms with Crippen molar-refractivity contribution in [1.82, 2.24) is 19.7 Å². The van der Waals surface area contributed by atoms with Gasteiger partial charge in [0.25, 0.3) is 0 Å². The maximum Gasteiger partial charge on any atom is 0.164 e. The highest BCUT2D eigenvalue weighted by Gasteiger charge is 2.34. The monoisotopic (exact) mass is 444 g/mol. The molecule has 0 amide bonds. The maximum atomic E-state index is 10.7. The highest BCUT2D eigenvalue weighted by Crippen LogP contribution is 2.40. The van der Waals surface area contributed by atoms with E-state index >= 15 is 0 Å². The van der Waals surface area contributed by atoms with Gasteiger partial charge in [-0.2, -0.15) is 5.10 Å². The summed E-state index contributed by atoms with van der Waals surface area (Å²) in [6, 6.07) is 17.6. The molecule has 0 atom stereocenters. The number of hydrogen-bond donors (Lipinski definition) is 3. The van der Waals surface area contributed by atoms with Crippen molar-refractivity contribution in [3.63, 3.8) is 0 Å². The number of fused-ring (bicyclic) bond motifs is 1. The predicted octanol–water partition coefficient (Wildman–Crippen LogP) is 4.06. The molecule has 0 bridgehead atoms. The number of ether oxygens (including phenoxy) is 1. The van der Waals surface area contributed by atoms with Crippen molar-refractivity contribution in [3.05, 3.63) is 60.9 Å². The summed E-state index contributed by atoms with van der Waals surface area (Å²) in [5.41, 5.74) is 13.7. The molecule has 2 aromatic carbocycles. The second kappa shape index (κ2) is 8.80. The molecule has 0 unspecified atom stereocenters. The highest BCUT2D eigenvalue weighted by atomic mass is 16.5. The molecule has 33 heavy (non-hydrogen) atoms. The lowest BCUT2D eigenvalue weighted by atomic mass is 9.80. The fraction of sp³-hybridized carbons (Fsp3) is 0.320. The number of aliphatic hydroxyl groups is 1. The van der Waals surface area contributed by atoms with Gasteiger partial charge in [-0.3, -0.25) is 0 Å². The lowest BCUT2D eigenvalue weighted by Crippen LogP contribution is -2.36. The van der Waals surface area contributed by atoms with Crippen molar-refractivity contribution in [3.8, 4) is 22.8 Å². The number of nitrogens with two attached hydrogens (primary N) is 2. The van der Waals surface area contributed by atoms with Gasteiger partial charge in [0, 0.05) is 5.56 Å². The molecule has 0 saturated heterocycles. The van der Waals surface area contributed by atoms with E-state index in [1.54, 1.807) is 0 Å². The summed E-state index contributed by atoms with van der Waals surface area (Å²) >= 11 is 0. The van der Waals surface area contributed by atoms with Crippen molar-refractivity contribution in [2.45, 2.75) is 43.7 Å². The summed E-state index contributed by atoms with van der Waals surface area (Å²) in [5, 5.41) is 16.4. The van der Waals surface area contributed by atoms with E-state index in [4.69, 9.17) is 21.3 Å². The maximum absolute atomic E-state index is 10.7. The van der Waals surface area contributed by atoms with Crippen molar-refractivity contribution < 1.29 is 9.84 Å². The molecular formula is C25H28N6O2. The van der Waals surface area contributed by atoms with Crippen LogP contribution in [0.1, 0.15) is 38.1 Å². The molecule has 8 nitrogen and oxygen atoms in total. The minimum Gasteiger partial charge on any atom is -0.457 e. The lowest BCUT2D eigenvalue weighted by molar-refractivity contribution is -0.0133. The van der Waals surface area contributed by atoms with E-state index in [-0.39, 0.29) is 6.04 Å². The van der Waals surface area contributed by atoms with E-state index in [0.29, 0.717) is 31.6 Å². The third-order valence-corrected chi connectivity index (χ3v) is 6.47.